The molecular weight excluding hydrogens is 400 g/mol. The Morgan fingerprint density at radius 3 is 2.65 bits per heavy atom. The minimum absolute atomic E-state index is 0.149. The van der Waals surface area contributed by atoms with Crippen LogP contribution in [0.4, 0.5) is 14.6 Å². The molecule has 0 N–H and O–H groups in total. The minimum atomic E-state index is -0.329. The van der Waals surface area contributed by atoms with Gasteiger partial charge < -0.3 is 9.32 Å². The van der Waals surface area contributed by atoms with Crippen LogP contribution in [0.5, 0.6) is 0 Å². The van der Waals surface area contributed by atoms with Gasteiger partial charge in [0, 0.05) is 30.0 Å². The van der Waals surface area contributed by atoms with E-state index < -0.39 is 0 Å². The lowest BCUT2D eigenvalue weighted by atomic mass is 9.90. The third kappa shape index (κ3) is 3.13. The Hall–Kier alpha value is -3.42. The molecule has 6 rings (SSSR count). The summed E-state index contributed by atoms with van der Waals surface area (Å²) in [4.78, 5) is 10.9. The lowest BCUT2D eigenvalue weighted by Crippen LogP contribution is -2.35. The van der Waals surface area contributed by atoms with Crippen LogP contribution in [0.3, 0.4) is 0 Å². The number of fused-ring (bicyclic) bond motifs is 1. The standard InChI is InChI=1S/C23H19F2N5O/c24-15-3-1-2-14(10-15)21-28-29-22(31-21)18-12-23(18)6-8-30(9-7-23)20-17-11-16(25)4-5-19(17)26-13-27-20/h1-5,10-11,13,18H,6-9,12H2. The van der Waals surface area contributed by atoms with E-state index in [1.165, 1.54) is 30.6 Å². The van der Waals surface area contributed by atoms with E-state index in [1.807, 2.05) is 0 Å². The SMILES string of the molecule is Fc1cccc(-c2nnc(C3CC34CCN(c3ncnc5ccc(F)cc35)CC4)o2)c1. The van der Waals surface area contributed by atoms with Crippen molar-refractivity contribution in [2.45, 2.75) is 25.2 Å². The molecule has 1 aliphatic heterocycles. The maximum atomic E-state index is 13.8. The molecule has 2 aliphatic rings. The van der Waals surface area contributed by atoms with Crippen molar-refractivity contribution in [1.82, 2.24) is 20.2 Å². The van der Waals surface area contributed by atoms with Crippen LogP contribution in [0, 0.1) is 17.0 Å². The number of aromatic nitrogens is 4. The molecule has 8 heteroatoms. The lowest BCUT2D eigenvalue weighted by molar-refractivity contribution is 0.352. The number of rotatable bonds is 3. The summed E-state index contributed by atoms with van der Waals surface area (Å²) < 4.78 is 33.2. The van der Waals surface area contributed by atoms with E-state index in [0.29, 0.717) is 17.3 Å². The van der Waals surface area contributed by atoms with Crippen molar-refractivity contribution in [2.75, 3.05) is 18.0 Å². The van der Waals surface area contributed by atoms with E-state index in [-0.39, 0.29) is 23.0 Å². The zero-order chi connectivity index (χ0) is 21.0. The molecule has 0 bridgehead atoms. The maximum Gasteiger partial charge on any atom is 0.247 e. The van der Waals surface area contributed by atoms with E-state index >= 15 is 0 Å². The van der Waals surface area contributed by atoms with Gasteiger partial charge in [-0.3, -0.25) is 0 Å². The number of halogens is 2. The quantitative estimate of drug-likeness (QED) is 0.478. The molecule has 6 nitrogen and oxygen atoms in total. The molecule has 31 heavy (non-hydrogen) atoms. The van der Waals surface area contributed by atoms with Crippen molar-refractivity contribution in [1.29, 1.82) is 0 Å². The van der Waals surface area contributed by atoms with E-state index in [1.54, 1.807) is 18.2 Å². The van der Waals surface area contributed by atoms with Gasteiger partial charge in [0.05, 0.1) is 5.52 Å². The molecule has 3 heterocycles. The lowest BCUT2D eigenvalue weighted by Gasteiger charge is -2.34. The van der Waals surface area contributed by atoms with Gasteiger partial charge in [0.2, 0.25) is 11.8 Å². The second kappa shape index (κ2) is 6.80. The van der Waals surface area contributed by atoms with Crippen molar-refractivity contribution < 1.29 is 13.2 Å². The average Bonchev–Trinajstić information content (AvgIpc) is 3.25. The third-order valence-electron chi connectivity index (χ3n) is 6.64. The third-order valence-corrected chi connectivity index (χ3v) is 6.64. The number of nitrogens with zero attached hydrogens (tertiary/aromatic N) is 5. The van der Waals surface area contributed by atoms with Crippen molar-refractivity contribution in [3.63, 3.8) is 0 Å². The molecule has 1 saturated heterocycles. The fourth-order valence-electron chi connectivity index (χ4n) is 4.79. The van der Waals surface area contributed by atoms with Gasteiger partial charge in [-0.05, 0) is 61.1 Å². The average molecular weight is 419 g/mol. The maximum absolute atomic E-state index is 13.8. The highest BCUT2D eigenvalue weighted by Gasteiger charge is 2.58. The summed E-state index contributed by atoms with van der Waals surface area (Å²) in [6.07, 6.45) is 4.48. The zero-order valence-corrected chi connectivity index (χ0v) is 16.6. The molecule has 1 spiro atoms. The number of piperidine rings is 1. The van der Waals surface area contributed by atoms with Crippen LogP contribution in [0.25, 0.3) is 22.4 Å². The van der Waals surface area contributed by atoms with Gasteiger partial charge in [-0.1, -0.05) is 6.07 Å². The van der Waals surface area contributed by atoms with Crippen LogP contribution in [0.2, 0.25) is 0 Å². The molecule has 0 amide bonds. The van der Waals surface area contributed by atoms with Crippen LogP contribution in [0.15, 0.2) is 53.2 Å². The molecule has 156 valence electrons. The highest BCUT2D eigenvalue weighted by molar-refractivity contribution is 5.89. The van der Waals surface area contributed by atoms with E-state index in [9.17, 15) is 8.78 Å². The number of hydrogen-bond donors (Lipinski definition) is 0. The summed E-state index contributed by atoms with van der Waals surface area (Å²) in [6, 6.07) is 10.8. The van der Waals surface area contributed by atoms with Crippen LogP contribution >= 0.6 is 0 Å². The van der Waals surface area contributed by atoms with E-state index in [0.717, 1.165) is 49.1 Å². The Labute approximate surface area is 177 Å². The van der Waals surface area contributed by atoms with Gasteiger partial charge in [-0.25, -0.2) is 18.7 Å². The summed E-state index contributed by atoms with van der Waals surface area (Å²) in [5.74, 6) is 1.37. The second-order valence-corrected chi connectivity index (χ2v) is 8.42. The fraction of sp³-hybridized carbons (Fsp3) is 0.304. The first-order valence-corrected chi connectivity index (χ1v) is 10.4. The molecule has 2 fully saturated rings. The molecule has 1 saturated carbocycles. The topological polar surface area (TPSA) is 67.9 Å². The molecule has 1 atom stereocenters. The van der Waals surface area contributed by atoms with Gasteiger partial charge in [-0.2, -0.15) is 0 Å². The molecule has 4 aromatic rings. The smallest absolute Gasteiger partial charge is 0.247 e. The van der Waals surface area contributed by atoms with Crippen LogP contribution < -0.4 is 4.90 Å². The van der Waals surface area contributed by atoms with Crippen LogP contribution in [-0.2, 0) is 0 Å². The summed E-state index contributed by atoms with van der Waals surface area (Å²) in [7, 11) is 0. The Morgan fingerprint density at radius 2 is 1.81 bits per heavy atom. The summed E-state index contributed by atoms with van der Waals surface area (Å²) in [6.45, 7) is 1.65. The molecule has 2 aromatic heterocycles. The van der Waals surface area contributed by atoms with Crippen LogP contribution in [-0.4, -0.2) is 33.3 Å². The molecule has 2 aromatic carbocycles. The summed E-state index contributed by atoms with van der Waals surface area (Å²) in [5.41, 5.74) is 1.48. The molecule has 0 radical (unpaired) electrons. The van der Waals surface area contributed by atoms with Gasteiger partial charge in [0.1, 0.15) is 23.8 Å². The molecule has 1 aliphatic carbocycles. The predicted octanol–water partition coefficient (Wildman–Crippen LogP) is 4.73. The van der Waals surface area contributed by atoms with Crippen molar-refractivity contribution in [3.8, 4) is 11.5 Å². The number of benzene rings is 2. The zero-order valence-electron chi connectivity index (χ0n) is 16.6. The van der Waals surface area contributed by atoms with Gasteiger partial charge in [0.25, 0.3) is 0 Å². The first-order valence-electron chi connectivity index (χ1n) is 10.4. The summed E-state index contributed by atoms with van der Waals surface area (Å²) >= 11 is 0. The number of anilines is 1. The van der Waals surface area contributed by atoms with Gasteiger partial charge in [0.15, 0.2) is 0 Å². The van der Waals surface area contributed by atoms with Crippen molar-refractivity contribution in [3.05, 3.63) is 66.3 Å². The normalized spacial score (nSPS) is 19.8. The first kappa shape index (κ1) is 18.4. The number of hydrogen-bond acceptors (Lipinski definition) is 6. The highest BCUT2D eigenvalue weighted by Crippen LogP contribution is 2.64. The summed E-state index contributed by atoms with van der Waals surface area (Å²) in [5, 5.41) is 9.11. The predicted molar refractivity (Wildman–Crippen MR) is 110 cm³/mol. The largest absolute Gasteiger partial charge is 0.420 e. The fourth-order valence-corrected chi connectivity index (χ4v) is 4.79. The minimum Gasteiger partial charge on any atom is -0.420 e. The monoisotopic (exact) mass is 419 g/mol. The van der Waals surface area contributed by atoms with Gasteiger partial charge >= 0.3 is 0 Å². The van der Waals surface area contributed by atoms with E-state index in [4.69, 9.17) is 4.42 Å². The second-order valence-electron chi connectivity index (χ2n) is 8.42. The molecular formula is C23H19F2N5O. The Kier molecular flexibility index (Phi) is 4.03. The first-order chi connectivity index (χ1) is 15.1. The van der Waals surface area contributed by atoms with Crippen molar-refractivity contribution in [2.24, 2.45) is 5.41 Å². The Morgan fingerprint density at radius 1 is 0.968 bits per heavy atom. The highest BCUT2D eigenvalue weighted by atomic mass is 19.1. The van der Waals surface area contributed by atoms with Gasteiger partial charge in [-0.15, -0.1) is 10.2 Å². The van der Waals surface area contributed by atoms with Crippen molar-refractivity contribution >= 4 is 16.7 Å². The Bertz CT molecular complexity index is 1280. The van der Waals surface area contributed by atoms with Crippen LogP contribution in [0.1, 0.15) is 31.1 Å². The Balaban J connectivity index is 1.19. The molecule has 1 unspecified atom stereocenters. The van der Waals surface area contributed by atoms with E-state index in [2.05, 4.69) is 25.1 Å².